The molecule has 102 valence electrons. The zero-order valence-electron chi connectivity index (χ0n) is 11.1. The van der Waals surface area contributed by atoms with Gasteiger partial charge in [0.25, 0.3) is 0 Å². The molecule has 18 heavy (non-hydrogen) atoms. The van der Waals surface area contributed by atoms with Crippen LogP contribution < -0.4 is 5.73 Å². The monoisotopic (exact) mass is 260 g/mol. The second-order valence-electron chi connectivity index (χ2n) is 4.85. The van der Waals surface area contributed by atoms with E-state index in [0.717, 1.165) is 6.07 Å². The first kappa shape index (κ1) is 15.0. The third-order valence-corrected chi connectivity index (χ3v) is 3.81. The van der Waals surface area contributed by atoms with E-state index in [0.29, 0.717) is 6.42 Å². The Morgan fingerprint density at radius 1 is 1.22 bits per heavy atom. The molecule has 0 saturated heterocycles. The van der Waals surface area contributed by atoms with Gasteiger partial charge in [0, 0.05) is 11.1 Å². The van der Waals surface area contributed by atoms with Gasteiger partial charge in [0.2, 0.25) is 0 Å². The summed E-state index contributed by atoms with van der Waals surface area (Å²) in [4.78, 5) is 1.86. The van der Waals surface area contributed by atoms with E-state index >= 15 is 0 Å². The largest absolute Gasteiger partial charge is 0.322 e. The Morgan fingerprint density at radius 2 is 1.78 bits per heavy atom. The Morgan fingerprint density at radius 3 is 2.22 bits per heavy atom. The lowest BCUT2D eigenvalue weighted by Crippen LogP contribution is -2.49. The van der Waals surface area contributed by atoms with E-state index in [1.165, 1.54) is 6.07 Å². The van der Waals surface area contributed by atoms with Gasteiger partial charge in [-0.1, -0.05) is 13.0 Å². The average molecular weight is 260 g/mol. The zero-order chi connectivity index (χ0) is 14.1. The maximum absolute atomic E-state index is 13.7. The molecule has 0 heterocycles. The SMILES string of the molecule is CCC(C)(C(N)c1ccc(F)c(F)c1F)N(C)C. The van der Waals surface area contributed by atoms with E-state index < -0.39 is 29.0 Å². The summed E-state index contributed by atoms with van der Waals surface area (Å²) in [5, 5.41) is 0. The van der Waals surface area contributed by atoms with Crippen molar-refractivity contribution in [2.75, 3.05) is 14.1 Å². The summed E-state index contributed by atoms with van der Waals surface area (Å²) in [5.41, 5.74) is 5.49. The highest BCUT2D eigenvalue weighted by atomic mass is 19.2. The molecule has 0 aliphatic carbocycles. The van der Waals surface area contributed by atoms with E-state index in [4.69, 9.17) is 5.73 Å². The van der Waals surface area contributed by atoms with Crippen molar-refractivity contribution in [1.29, 1.82) is 0 Å². The molecule has 0 aromatic heterocycles. The molecule has 5 heteroatoms. The van der Waals surface area contributed by atoms with E-state index in [9.17, 15) is 13.2 Å². The summed E-state index contributed by atoms with van der Waals surface area (Å²) in [6, 6.07) is 1.36. The molecule has 2 unspecified atom stereocenters. The van der Waals surface area contributed by atoms with Crippen LogP contribution in [0.2, 0.25) is 0 Å². The Balaban J connectivity index is 3.26. The maximum Gasteiger partial charge on any atom is 0.194 e. The second kappa shape index (κ2) is 5.28. The molecular weight excluding hydrogens is 241 g/mol. The Labute approximate surface area is 106 Å². The van der Waals surface area contributed by atoms with Gasteiger partial charge in [-0.2, -0.15) is 0 Å². The first-order valence-electron chi connectivity index (χ1n) is 5.82. The smallest absolute Gasteiger partial charge is 0.194 e. The minimum atomic E-state index is -1.47. The van der Waals surface area contributed by atoms with E-state index in [-0.39, 0.29) is 5.56 Å². The molecule has 2 nitrogen and oxygen atoms in total. The lowest BCUT2D eigenvalue weighted by Gasteiger charge is -2.41. The van der Waals surface area contributed by atoms with Crippen LogP contribution in [0.1, 0.15) is 31.9 Å². The summed E-state index contributed by atoms with van der Waals surface area (Å²) in [6.07, 6.45) is 0.652. The molecule has 0 spiro atoms. The third-order valence-electron chi connectivity index (χ3n) is 3.81. The second-order valence-corrected chi connectivity index (χ2v) is 4.85. The number of benzene rings is 1. The first-order valence-corrected chi connectivity index (χ1v) is 5.82. The summed E-state index contributed by atoms with van der Waals surface area (Å²) in [5.74, 6) is -3.88. The number of likely N-dealkylation sites (N-methyl/N-ethyl adjacent to an activating group) is 1. The highest BCUT2D eigenvalue weighted by Crippen LogP contribution is 2.33. The number of nitrogens with two attached hydrogens (primary N) is 1. The van der Waals surface area contributed by atoms with Crippen LogP contribution >= 0.6 is 0 Å². The number of hydrogen-bond donors (Lipinski definition) is 1. The van der Waals surface area contributed by atoms with Crippen molar-refractivity contribution in [3.8, 4) is 0 Å². The van der Waals surface area contributed by atoms with Crippen molar-refractivity contribution < 1.29 is 13.2 Å². The van der Waals surface area contributed by atoms with Crippen LogP contribution in [0, 0.1) is 17.5 Å². The number of halogens is 3. The maximum atomic E-state index is 13.7. The van der Waals surface area contributed by atoms with Crippen LogP contribution in [0.15, 0.2) is 12.1 Å². The van der Waals surface area contributed by atoms with Crippen molar-refractivity contribution in [3.63, 3.8) is 0 Å². The van der Waals surface area contributed by atoms with Crippen molar-refractivity contribution in [2.24, 2.45) is 5.73 Å². The first-order chi connectivity index (χ1) is 8.25. The molecule has 0 aliphatic rings. The van der Waals surface area contributed by atoms with Crippen LogP contribution in [-0.4, -0.2) is 24.5 Å². The number of rotatable bonds is 4. The van der Waals surface area contributed by atoms with Gasteiger partial charge in [-0.25, -0.2) is 13.2 Å². The molecule has 0 radical (unpaired) electrons. The minimum absolute atomic E-state index is 0.00745. The fourth-order valence-electron chi connectivity index (χ4n) is 1.93. The summed E-state index contributed by atoms with van der Waals surface area (Å²) < 4.78 is 39.8. The van der Waals surface area contributed by atoms with E-state index in [1.54, 1.807) is 0 Å². The van der Waals surface area contributed by atoms with Crippen LogP contribution in [0.5, 0.6) is 0 Å². The predicted octanol–water partition coefficient (Wildman–Crippen LogP) is 2.83. The molecule has 1 aromatic rings. The fourth-order valence-corrected chi connectivity index (χ4v) is 1.93. The van der Waals surface area contributed by atoms with Crippen LogP contribution in [0.3, 0.4) is 0 Å². The molecule has 1 aromatic carbocycles. The van der Waals surface area contributed by atoms with Gasteiger partial charge in [-0.05, 0) is 33.5 Å². The van der Waals surface area contributed by atoms with Crippen molar-refractivity contribution in [3.05, 3.63) is 35.1 Å². The van der Waals surface area contributed by atoms with Gasteiger partial charge in [0.15, 0.2) is 17.5 Å². The van der Waals surface area contributed by atoms with Gasteiger partial charge >= 0.3 is 0 Å². The molecule has 0 saturated carbocycles. The van der Waals surface area contributed by atoms with Crippen LogP contribution in [-0.2, 0) is 0 Å². The highest BCUT2D eigenvalue weighted by Gasteiger charge is 2.35. The molecular formula is C13H19F3N2. The number of nitrogens with zero attached hydrogens (tertiary/aromatic N) is 1. The molecule has 0 amide bonds. The molecule has 2 N–H and O–H groups in total. The standard InChI is InChI=1S/C13H19F3N2/c1-5-13(2,18(3)4)12(17)8-6-7-9(14)11(16)10(8)15/h6-7,12H,5,17H2,1-4H3. The topological polar surface area (TPSA) is 29.3 Å². The molecule has 2 atom stereocenters. The van der Waals surface area contributed by atoms with Crippen LogP contribution in [0.25, 0.3) is 0 Å². The lowest BCUT2D eigenvalue weighted by atomic mass is 9.84. The Hall–Kier alpha value is -1.07. The third kappa shape index (κ3) is 2.37. The Kier molecular flexibility index (Phi) is 4.40. The van der Waals surface area contributed by atoms with Crippen LogP contribution in [0.4, 0.5) is 13.2 Å². The summed E-state index contributed by atoms with van der Waals surface area (Å²) in [6.45, 7) is 3.77. The lowest BCUT2D eigenvalue weighted by molar-refractivity contribution is 0.129. The average Bonchev–Trinajstić information content (AvgIpc) is 2.34. The van der Waals surface area contributed by atoms with Crippen molar-refractivity contribution >= 4 is 0 Å². The summed E-state index contributed by atoms with van der Waals surface area (Å²) >= 11 is 0. The highest BCUT2D eigenvalue weighted by molar-refractivity contribution is 5.26. The Bertz CT molecular complexity index is 434. The van der Waals surface area contributed by atoms with Gasteiger partial charge in [0.1, 0.15) is 0 Å². The number of hydrogen-bond acceptors (Lipinski definition) is 2. The normalized spacial score (nSPS) is 16.7. The van der Waals surface area contributed by atoms with Gasteiger partial charge in [-0.15, -0.1) is 0 Å². The van der Waals surface area contributed by atoms with Gasteiger partial charge < -0.3 is 10.6 Å². The molecule has 0 bridgehead atoms. The molecule has 1 rings (SSSR count). The fraction of sp³-hybridized carbons (Fsp3) is 0.538. The van der Waals surface area contributed by atoms with Crippen molar-refractivity contribution in [2.45, 2.75) is 31.8 Å². The predicted molar refractivity (Wildman–Crippen MR) is 65.6 cm³/mol. The quantitative estimate of drug-likeness (QED) is 0.843. The summed E-state index contributed by atoms with van der Waals surface area (Å²) in [7, 11) is 3.64. The van der Waals surface area contributed by atoms with E-state index in [2.05, 4.69) is 0 Å². The van der Waals surface area contributed by atoms with Gasteiger partial charge in [-0.3, -0.25) is 0 Å². The zero-order valence-corrected chi connectivity index (χ0v) is 11.1. The van der Waals surface area contributed by atoms with E-state index in [1.807, 2.05) is 32.8 Å². The molecule has 0 aliphatic heterocycles. The van der Waals surface area contributed by atoms with Gasteiger partial charge in [0.05, 0.1) is 6.04 Å². The molecule has 0 fully saturated rings. The van der Waals surface area contributed by atoms with Crippen molar-refractivity contribution in [1.82, 2.24) is 4.90 Å². The minimum Gasteiger partial charge on any atom is -0.322 e.